The van der Waals surface area contributed by atoms with Crippen LogP contribution in [-0.2, 0) is 4.79 Å². The number of hydrogen-bond donors (Lipinski definition) is 2. The monoisotopic (exact) mass is 320 g/mol. The zero-order valence-corrected chi connectivity index (χ0v) is 14.4. The van der Waals surface area contributed by atoms with E-state index in [0.717, 1.165) is 38.5 Å². The first kappa shape index (κ1) is 21.2. The molecule has 0 amide bonds. The summed E-state index contributed by atoms with van der Waals surface area (Å²) in [7, 11) is 0. The molecular weight excluding hydrogens is 288 g/mol. The molecule has 3 heteroatoms. The Morgan fingerprint density at radius 2 is 1.39 bits per heavy atom. The minimum atomic E-state index is -0.728. The lowest BCUT2D eigenvalue weighted by Gasteiger charge is -1.97. The summed E-state index contributed by atoms with van der Waals surface area (Å²) < 4.78 is 0. The fourth-order valence-corrected chi connectivity index (χ4v) is 1.99. The van der Waals surface area contributed by atoms with E-state index in [1.165, 1.54) is 12.8 Å². The molecule has 0 bridgehead atoms. The van der Waals surface area contributed by atoms with Crippen molar-refractivity contribution in [2.24, 2.45) is 0 Å². The highest BCUT2D eigenvalue weighted by Gasteiger charge is 1.93. The van der Waals surface area contributed by atoms with Crippen LogP contribution in [0.15, 0.2) is 48.3 Å². The molecule has 0 aromatic carbocycles. The normalized spacial score (nSPS) is 12.8. The van der Waals surface area contributed by atoms with Gasteiger partial charge in [-0.25, -0.2) is 0 Å². The number of aliphatic carboxylic acids is 1. The average Bonchev–Trinajstić information content (AvgIpc) is 2.51. The van der Waals surface area contributed by atoms with E-state index < -0.39 is 5.97 Å². The van der Waals surface area contributed by atoms with E-state index in [1.807, 2.05) is 12.2 Å². The molecule has 0 aliphatic carbocycles. The van der Waals surface area contributed by atoms with Crippen molar-refractivity contribution in [2.45, 2.75) is 71.1 Å². The maximum absolute atomic E-state index is 10.3. The first-order chi connectivity index (χ1) is 11.2. The second-order valence-electron chi connectivity index (χ2n) is 5.56. The molecular formula is C20H32O3. The molecule has 2 N–H and O–H groups in total. The Balaban J connectivity index is 3.56. The SMILES string of the molecule is CCCCC/C(O)=C\C/C=C\C/C=C\C/C=C\CCCC(=O)O. The Hall–Kier alpha value is -1.77. The molecule has 130 valence electrons. The summed E-state index contributed by atoms with van der Waals surface area (Å²) in [4.78, 5) is 10.3. The van der Waals surface area contributed by atoms with Crippen LogP contribution < -0.4 is 0 Å². The van der Waals surface area contributed by atoms with Crippen molar-refractivity contribution >= 4 is 5.97 Å². The molecule has 0 rings (SSSR count). The van der Waals surface area contributed by atoms with Crippen LogP contribution >= 0.6 is 0 Å². The third-order valence-corrected chi connectivity index (χ3v) is 3.33. The molecule has 0 heterocycles. The molecule has 0 fully saturated rings. The van der Waals surface area contributed by atoms with Gasteiger partial charge in [0, 0.05) is 12.8 Å². The van der Waals surface area contributed by atoms with Gasteiger partial charge in [0.2, 0.25) is 0 Å². The fraction of sp³-hybridized carbons (Fsp3) is 0.550. The number of unbranched alkanes of at least 4 members (excludes halogenated alkanes) is 3. The topological polar surface area (TPSA) is 57.5 Å². The van der Waals surface area contributed by atoms with E-state index in [4.69, 9.17) is 5.11 Å². The third kappa shape index (κ3) is 18.2. The fourth-order valence-electron chi connectivity index (χ4n) is 1.99. The predicted octanol–water partition coefficient (Wildman–Crippen LogP) is 6.10. The molecule has 0 unspecified atom stereocenters. The number of aliphatic hydroxyl groups excluding tert-OH is 1. The average molecular weight is 320 g/mol. The summed E-state index contributed by atoms with van der Waals surface area (Å²) in [6, 6.07) is 0. The van der Waals surface area contributed by atoms with Gasteiger partial charge in [-0.15, -0.1) is 0 Å². The van der Waals surface area contributed by atoms with Gasteiger partial charge >= 0.3 is 5.97 Å². The van der Waals surface area contributed by atoms with Crippen LogP contribution in [0, 0.1) is 0 Å². The third-order valence-electron chi connectivity index (χ3n) is 3.33. The first-order valence-corrected chi connectivity index (χ1v) is 8.71. The van der Waals surface area contributed by atoms with Crippen molar-refractivity contribution in [1.29, 1.82) is 0 Å². The number of rotatable bonds is 14. The lowest BCUT2D eigenvalue weighted by Crippen LogP contribution is -1.92. The largest absolute Gasteiger partial charge is 0.513 e. The number of carboxylic acid groups (broad SMARTS) is 1. The molecule has 0 radical (unpaired) electrons. The van der Waals surface area contributed by atoms with Gasteiger partial charge in [-0.1, -0.05) is 56.2 Å². The summed E-state index contributed by atoms with van der Waals surface area (Å²) in [6.07, 6.45) is 22.9. The second-order valence-corrected chi connectivity index (χ2v) is 5.56. The van der Waals surface area contributed by atoms with E-state index in [1.54, 1.807) is 0 Å². The van der Waals surface area contributed by atoms with Crippen molar-refractivity contribution in [3.8, 4) is 0 Å². The summed E-state index contributed by atoms with van der Waals surface area (Å²) in [6.45, 7) is 2.16. The van der Waals surface area contributed by atoms with Crippen LogP contribution in [0.2, 0.25) is 0 Å². The Bertz CT molecular complexity index is 403. The molecule has 0 saturated heterocycles. The van der Waals surface area contributed by atoms with Crippen LogP contribution in [0.3, 0.4) is 0 Å². The van der Waals surface area contributed by atoms with Gasteiger partial charge in [-0.2, -0.15) is 0 Å². The van der Waals surface area contributed by atoms with Crippen molar-refractivity contribution in [2.75, 3.05) is 0 Å². The highest BCUT2D eigenvalue weighted by atomic mass is 16.4. The Labute approximate surface area is 141 Å². The van der Waals surface area contributed by atoms with Crippen LogP contribution in [0.1, 0.15) is 71.1 Å². The smallest absolute Gasteiger partial charge is 0.303 e. The van der Waals surface area contributed by atoms with Gasteiger partial charge in [0.1, 0.15) is 0 Å². The van der Waals surface area contributed by atoms with Crippen LogP contribution in [0.5, 0.6) is 0 Å². The van der Waals surface area contributed by atoms with Crippen LogP contribution in [-0.4, -0.2) is 16.2 Å². The zero-order valence-electron chi connectivity index (χ0n) is 14.4. The van der Waals surface area contributed by atoms with Gasteiger partial charge in [0.25, 0.3) is 0 Å². The standard InChI is InChI=1S/C20H32O3/c1-2-3-13-16-19(21)17-14-11-9-7-5-4-6-8-10-12-15-18-20(22)23/h4-5,8-11,17,21H,2-3,6-7,12-16,18H2,1H3,(H,22,23)/b5-4-,10-8-,11-9-,19-17+. The van der Waals surface area contributed by atoms with Crippen LogP contribution in [0.4, 0.5) is 0 Å². The number of hydrogen-bond acceptors (Lipinski definition) is 2. The molecule has 0 aromatic heterocycles. The minimum Gasteiger partial charge on any atom is -0.513 e. The van der Waals surface area contributed by atoms with Gasteiger partial charge in [0.05, 0.1) is 5.76 Å². The van der Waals surface area contributed by atoms with Crippen molar-refractivity contribution < 1.29 is 15.0 Å². The van der Waals surface area contributed by atoms with E-state index >= 15 is 0 Å². The maximum Gasteiger partial charge on any atom is 0.303 e. The second kappa shape index (κ2) is 16.6. The van der Waals surface area contributed by atoms with E-state index in [2.05, 4.69) is 37.3 Å². The van der Waals surface area contributed by atoms with Gasteiger partial charge in [-0.3, -0.25) is 4.79 Å². The van der Waals surface area contributed by atoms with Crippen LogP contribution in [0.25, 0.3) is 0 Å². The van der Waals surface area contributed by atoms with Gasteiger partial charge < -0.3 is 10.2 Å². The summed E-state index contributed by atoms with van der Waals surface area (Å²) in [5.74, 6) is -0.221. The molecule has 0 aromatic rings. The summed E-state index contributed by atoms with van der Waals surface area (Å²) in [5, 5.41) is 18.1. The lowest BCUT2D eigenvalue weighted by atomic mass is 10.1. The lowest BCUT2D eigenvalue weighted by molar-refractivity contribution is -0.137. The number of carbonyl (C=O) groups is 1. The Morgan fingerprint density at radius 1 is 0.783 bits per heavy atom. The van der Waals surface area contributed by atoms with Crippen molar-refractivity contribution in [3.05, 3.63) is 48.3 Å². The van der Waals surface area contributed by atoms with E-state index in [0.29, 0.717) is 12.2 Å². The molecule has 23 heavy (non-hydrogen) atoms. The maximum atomic E-state index is 10.3. The Kier molecular flexibility index (Phi) is 15.3. The molecule has 0 aliphatic heterocycles. The van der Waals surface area contributed by atoms with Crippen molar-refractivity contribution in [1.82, 2.24) is 0 Å². The zero-order chi connectivity index (χ0) is 17.2. The highest BCUT2D eigenvalue weighted by molar-refractivity contribution is 5.66. The molecule has 0 atom stereocenters. The summed E-state index contributed by atoms with van der Waals surface area (Å²) >= 11 is 0. The van der Waals surface area contributed by atoms with E-state index in [-0.39, 0.29) is 6.42 Å². The predicted molar refractivity (Wildman–Crippen MR) is 97.6 cm³/mol. The summed E-state index contributed by atoms with van der Waals surface area (Å²) in [5.41, 5.74) is 0. The molecule has 0 aliphatic rings. The molecule has 0 saturated carbocycles. The minimum absolute atomic E-state index is 0.244. The van der Waals surface area contributed by atoms with Gasteiger partial charge in [0.15, 0.2) is 0 Å². The Morgan fingerprint density at radius 3 is 2.00 bits per heavy atom. The number of carboxylic acids is 1. The van der Waals surface area contributed by atoms with Crippen molar-refractivity contribution in [3.63, 3.8) is 0 Å². The number of aliphatic hydroxyl groups is 1. The first-order valence-electron chi connectivity index (χ1n) is 8.71. The van der Waals surface area contributed by atoms with E-state index in [9.17, 15) is 9.90 Å². The van der Waals surface area contributed by atoms with Gasteiger partial charge in [-0.05, 0) is 44.6 Å². The molecule has 3 nitrogen and oxygen atoms in total. The highest BCUT2D eigenvalue weighted by Crippen LogP contribution is 2.07. The number of allylic oxidation sites excluding steroid dienone is 8. The molecule has 0 spiro atoms. The quantitative estimate of drug-likeness (QED) is 0.231.